The van der Waals surface area contributed by atoms with Gasteiger partial charge in [0.1, 0.15) is 5.82 Å². The third kappa shape index (κ3) is 3.34. The van der Waals surface area contributed by atoms with E-state index in [1.807, 2.05) is 6.07 Å². The Balaban J connectivity index is 1.72. The number of anilines is 1. The van der Waals surface area contributed by atoms with Crippen LogP contribution in [-0.4, -0.2) is 13.1 Å². The van der Waals surface area contributed by atoms with Gasteiger partial charge in [0.25, 0.3) is 0 Å². The van der Waals surface area contributed by atoms with Gasteiger partial charge in [0.15, 0.2) is 0 Å². The van der Waals surface area contributed by atoms with Gasteiger partial charge < -0.3 is 4.90 Å². The summed E-state index contributed by atoms with van der Waals surface area (Å²) in [6.07, 6.45) is 1.95. The number of piperidine rings is 1. The van der Waals surface area contributed by atoms with E-state index in [-0.39, 0.29) is 5.82 Å². The molecule has 0 saturated carbocycles. The SMILES string of the molecule is Fc1cc(Cl)ccc1C1CCN(c2ccccc2I)CC1. The summed E-state index contributed by atoms with van der Waals surface area (Å²) in [7, 11) is 0. The summed E-state index contributed by atoms with van der Waals surface area (Å²) in [5, 5.41) is 0.465. The maximum Gasteiger partial charge on any atom is 0.128 e. The van der Waals surface area contributed by atoms with Crippen LogP contribution in [0.2, 0.25) is 5.02 Å². The second-order valence-corrected chi connectivity index (χ2v) is 6.98. The molecule has 0 spiro atoms. The summed E-state index contributed by atoms with van der Waals surface area (Å²) in [5.41, 5.74) is 2.09. The molecule has 0 bridgehead atoms. The summed E-state index contributed by atoms with van der Waals surface area (Å²) in [5.74, 6) is 0.120. The number of hydrogen-bond acceptors (Lipinski definition) is 1. The molecule has 21 heavy (non-hydrogen) atoms. The lowest BCUT2D eigenvalue weighted by Gasteiger charge is -2.34. The van der Waals surface area contributed by atoms with E-state index in [1.165, 1.54) is 15.3 Å². The van der Waals surface area contributed by atoms with E-state index in [1.54, 1.807) is 6.07 Å². The van der Waals surface area contributed by atoms with Crippen LogP contribution in [0.3, 0.4) is 0 Å². The fourth-order valence-electron chi connectivity index (χ4n) is 2.97. The topological polar surface area (TPSA) is 3.24 Å². The molecule has 3 rings (SSSR count). The maximum absolute atomic E-state index is 14.0. The van der Waals surface area contributed by atoms with Crippen LogP contribution in [0.25, 0.3) is 0 Å². The first-order valence-electron chi connectivity index (χ1n) is 7.09. The van der Waals surface area contributed by atoms with Gasteiger partial charge in [-0.05, 0) is 71.2 Å². The first kappa shape index (κ1) is 15.1. The molecule has 4 heteroatoms. The van der Waals surface area contributed by atoms with Crippen molar-refractivity contribution in [3.8, 4) is 0 Å². The standard InChI is InChI=1S/C17H16ClFIN/c18-13-5-6-14(15(19)11-13)12-7-9-21(10-8-12)17-4-2-1-3-16(17)20/h1-6,11-12H,7-10H2. The molecule has 0 N–H and O–H groups in total. The van der Waals surface area contributed by atoms with Crippen molar-refractivity contribution in [2.24, 2.45) is 0 Å². The monoisotopic (exact) mass is 415 g/mol. The van der Waals surface area contributed by atoms with Gasteiger partial charge in [0, 0.05) is 21.7 Å². The Morgan fingerprint density at radius 2 is 1.81 bits per heavy atom. The number of benzene rings is 2. The highest BCUT2D eigenvalue weighted by molar-refractivity contribution is 14.1. The molecule has 2 aromatic carbocycles. The molecular weight excluding hydrogens is 400 g/mol. The maximum atomic E-state index is 14.0. The Morgan fingerprint density at radius 1 is 1.10 bits per heavy atom. The number of halogens is 3. The minimum Gasteiger partial charge on any atom is -0.371 e. The molecule has 0 amide bonds. The minimum atomic E-state index is -0.171. The van der Waals surface area contributed by atoms with Gasteiger partial charge >= 0.3 is 0 Å². The van der Waals surface area contributed by atoms with E-state index in [0.29, 0.717) is 10.9 Å². The quantitative estimate of drug-likeness (QED) is 0.588. The van der Waals surface area contributed by atoms with Gasteiger partial charge in [-0.2, -0.15) is 0 Å². The highest BCUT2D eigenvalue weighted by atomic mass is 127. The fraction of sp³-hybridized carbons (Fsp3) is 0.294. The van der Waals surface area contributed by atoms with Gasteiger partial charge in [0.05, 0.1) is 5.69 Å². The summed E-state index contributed by atoms with van der Waals surface area (Å²) < 4.78 is 15.3. The number of rotatable bonds is 2. The molecule has 0 radical (unpaired) electrons. The minimum absolute atomic E-state index is 0.171. The van der Waals surface area contributed by atoms with Crippen LogP contribution >= 0.6 is 34.2 Å². The van der Waals surface area contributed by atoms with Crippen molar-refractivity contribution in [2.45, 2.75) is 18.8 Å². The Kier molecular flexibility index (Phi) is 4.69. The average Bonchev–Trinajstić information content (AvgIpc) is 2.48. The van der Waals surface area contributed by atoms with Crippen molar-refractivity contribution in [3.05, 3.63) is 62.4 Å². The molecule has 110 valence electrons. The van der Waals surface area contributed by atoms with Crippen LogP contribution in [0.5, 0.6) is 0 Å². The third-order valence-corrected chi connectivity index (χ3v) is 5.24. The van der Waals surface area contributed by atoms with E-state index in [0.717, 1.165) is 31.5 Å². The number of hydrogen-bond donors (Lipinski definition) is 0. The molecule has 0 unspecified atom stereocenters. The van der Waals surface area contributed by atoms with Crippen LogP contribution < -0.4 is 4.90 Å². The zero-order valence-corrected chi connectivity index (χ0v) is 14.4. The van der Waals surface area contributed by atoms with E-state index in [4.69, 9.17) is 11.6 Å². The number of nitrogens with zero attached hydrogens (tertiary/aromatic N) is 1. The molecular formula is C17H16ClFIN. The van der Waals surface area contributed by atoms with Crippen molar-refractivity contribution in [3.63, 3.8) is 0 Å². The molecule has 1 fully saturated rings. The van der Waals surface area contributed by atoms with Crippen LogP contribution in [0.15, 0.2) is 42.5 Å². The summed E-state index contributed by atoms with van der Waals surface area (Å²) in [6.45, 7) is 1.93. The van der Waals surface area contributed by atoms with E-state index in [9.17, 15) is 4.39 Å². The molecule has 0 aromatic heterocycles. The lowest BCUT2D eigenvalue weighted by molar-refractivity contribution is 0.481. The Morgan fingerprint density at radius 3 is 2.48 bits per heavy atom. The Hall–Kier alpha value is -0.810. The molecule has 1 aliphatic rings. The van der Waals surface area contributed by atoms with Gasteiger partial charge in [0.2, 0.25) is 0 Å². The molecule has 1 saturated heterocycles. The molecule has 0 aliphatic carbocycles. The van der Waals surface area contributed by atoms with Crippen molar-refractivity contribution >= 4 is 39.9 Å². The lowest BCUT2D eigenvalue weighted by atomic mass is 9.89. The fourth-order valence-corrected chi connectivity index (χ4v) is 3.86. The third-order valence-electron chi connectivity index (χ3n) is 4.09. The zero-order valence-electron chi connectivity index (χ0n) is 11.5. The van der Waals surface area contributed by atoms with Crippen LogP contribution in [0.1, 0.15) is 24.3 Å². The van der Waals surface area contributed by atoms with Crippen molar-refractivity contribution < 1.29 is 4.39 Å². The predicted molar refractivity (Wildman–Crippen MR) is 94.8 cm³/mol. The second-order valence-electron chi connectivity index (χ2n) is 5.38. The zero-order chi connectivity index (χ0) is 14.8. The van der Waals surface area contributed by atoms with Gasteiger partial charge in [-0.1, -0.05) is 29.8 Å². The smallest absolute Gasteiger partial charge is 0.128 e. The highest BCUT2D eigenvalue weighted by Gasteiger charge is 2.23. The summed E-state index contributed by atoms with van der Waals surface area (Å²) in [6, 6.07) is 13.5. The van der Waals surface area contributed by atoms with Crippen LogP contribution in [0, 0.1) is 9.39 Å². The predicted octanol–water partition coefficient (Wildman–Crippen LogP) is 5.47. The highest BCUT2D eigenvalue weighted by Crippen LogP contribution is 2.33. The first-order chi connectivity index (χ1) is 10.1. The molecule has 2 aromatic rings. The number of para-hydroxylation sites is 1. The van der Waals surface area contributed by atoms with E-state index < -0.39 is 0 Å². The van der Waals surface area contributed by atoms with Gasteiger partial charge in [-0.25, -0.2) is 4.39 Å². The van der Waals surface area contributed by atoms with Crippen molar-refractivity contribution in [1.29, 1.82) is 0 Å². The second kappa shape index (κ2) is 6.53. The first-order valence-corrected chi connectivity index (χ1v) is 8.55. The average molecular weight is 416 g/mol. The van der Waals surface area contributed by atoms with Crippen LogP contribution in [0.4, 0.5) is 10.1 Å². The van der Waals surface area contributed by atoms with Crippen molar-refractivity contribution in [1.82, 2.24) is 0 Å². The molecule has 1 aliphatic heterocycles. The van der Waals surface area contributed by atoms with E-state index >= 15 is 0 Å². The molecule has 0 atom stereocenters. The van der Waals surface area contributed by atoms with Crippen molar-refractivity contribution in [2.75, 3.05) is 18.0 Å². The van der Waals surface area contributed by atoms with Crippen LogP contribution in [-0.2, 0) is 0 Å². The summed E-state index contributed by atoms with van der Waals surface area (Å²) in [4.78, 5) is 2.39. The van der Waals surface area contributed by atoms with E-state index in [2.05, 4.69) is 51.8 Å². The summed E-state index contributed by atoms with van der Waals surface area (Å²) >= 11 is 8.20. The van der Waals surface area contributed by atoms with Gasteiger partial charge in [-0.15, -0.1) is 0 Å². The Labute approximate surface area is 143 Å². The normalized spacial score (nSPS) is 16.2. The molecule has 1 heterocycles. The van der Waals surface area contributed by atoms with Gasteiger partial charge in [-0.3, -0.25) is 0 Å². The lowest BCUT2D eigenvalue weighted by Crippen LogP contribution is -2.33. The Bertz CT molecular complexity index is 638. The molecule has 1 nitrogen and oxygen atoms in total. The largest absolute Gasteiger partial charge is 0.371 e.